The van der Waals surface area contributed by atoms with Crippen molar-refractivity contribution in [1.29, 1.82) is 0 Å². The van der Waals surface area contributed by atoms with Gasteiger partial charge in [-0.25, -0.2) is 0 Å². The molecule has 0 bridgehead atoms. The summed E-state index contributed by atoms with van der Waals surface area (Å²) >= 11 is 0. The summed E-state index contributed by atoms with van der Waals surface area (Å²) in [4.78, 5) is 12.5. The molecule has 1 aromatic carbocycles. The Morgan fingerprint density at radius 2 is 1.91 bits per heavy atom. The fourth-order valence-electron chi connectivity index (χ4n) is 3.25. The number of unbranched alkanes of at least 4 members (excludes halogenated alkanes) is 2. The fourth-order valence-corrected chi connectivity index (χ4v) is 3.25. The highest BCUT2D eigenvalue weighted by Crippen LogP contribution is 2.19. The van der Waals surface area contributed by atoms with E-state index < -0.39 is 0 Å². The van der Waals surface area contributed by atoms with Crippen molar-refractivity contribution < 1.29 is 9.53 Å². The number of carbonyl (C=O) groups excluding carboxylic acids is 1. The molecule has 1 aliphatic carbocycles. The Kier molecular flexibility index (Phi) is 8.16. The second kappa shape index (κ2) is 10.4. The van der Waals surface area contributed by atoms with Gasteiger partial charge in [-0.3, -0.25) is 4.79 Å². The van der Waals surface area contributed by atoms with Crippen LogP contribution in [0.2, 0.25) is 0 Å². The topological polar surface area (TPSA) is 38.3 Å². The molecule has 0 spiro atoms. The highest BCUT2D eigenvalue weighted by Gasteiger charge is 2.24. The molecule has 23 heavy (non-hydrogen) atoms. The summed E-state index contributed by atoms with van der Waals surface area (Å²) < 4.78 is 5.56. The number of ether oxygens (including phenoxy) is 1. The SMILES string of the molecule is CCCCC[C@@H](NC1CCCCC1)C(=O)OCc1ccccc1. The largest absolute Gasteiger partial charge is 0.460 e. The maximum absolute atomic E-state index is 12.5. The molecule has 0 amide bonds. The molecule has 1 aliphatic rings. The zero-order chi connectivity index (χ0) is 16.3. The Hall–Kier alpha value is -1.35. The minimum Gasteiger partial charge on any atom is -0.460 e. The molecule has 0 aliphatic heterocycles. The molecular weight excluding hydrogens is 286 g/mol. The Balaban J connectivity index is 1.84. The van der Waals surface area contributed by atoms with Crippen molar-refractivity contribution in [3.8, 4) is 0 Å². The molecule has 0 aromatic heterocycles. The van der Waals surface area contributed by atoms with Crippen LogP contribution in [0.5, 0.6) is 0 Å². The van der Waals surface area contributed by atoms with Crippen LogP contribution >= 0.6 is 0 Å². The van der Waals surface area contributed by atoms with Crippen molar-refractivity contribution in [3.63, 3.8) is 0 Å². The third-order valence-corrected chi connectivity index (χ3v) is 4.65. The molecule has 1 saturated carbocycles. The number of carbonyl (C=O) groups is 1. The number of hydrogen-bond donors (Lipinski definition) is 1. The molecule has 3 nitrogen and oxygen atoms in total. The number of benzene rings is 1. The van der Waals surface area contributed by atoms with Crippen molar-refractivity contribution in [3.05, 3.63) is 35.9 Å². The van der Waals surface area contributed by atoms with Gasteiger partial charge in [0.1, 0.15) is 12.6 Å². The summed E-state index contributed by atoms with van der Waals surface area (Å²) in [5.74, 6) is -0.0875. The summed E-state index contributed by atoms with van der Waals surface area (Å²) in [6.45, 7) is 2.56. The van der Waals surface area contributed by atoms with Crippen molar-refractivity contribution in [1.82, 2.24) is 5.32 Å². The van der Waals surface area contributed by atoms with Crippen molar-refractivity contribution in [2.24, 2.45) is 0 Å². The smallest absolute Gasteiger partial charge is 0.323 e. The minimum atomic E-state index is -0.145. The van der Waals surface area contributed by atoms with Gasteiger partial charge in [-0.1, -0.05) is 75.8 Å². The molecule has 1 N–H and O–H groups in total. The zero-order valence-corrected chi connectivity index (χ0v) is 14.4. The summed E-state index contributed by atoms with van der Waals surface area (Å²) in [6.07, 6.45) is 10.6. The summed E-state index contributed by atoms with van der Waals surface area (Å²) in [7, 11) is 0. The lowest BCUT2D eigenvalue weighted by Gasteiger charge is -2.27. The fraction of sp³-hybridized carbons (Fsp3) is 0.650. The first-order valence-corrected chi connectivity index (χ1v) is 9.26. The molecule has 2 rings (SSSR count). The molecule has 1 atom stereocenters. The molecular formula is C20H31NO2. The monoisotopic (exact) mass is 317 g/mol. The van der Waals surface area contributed by atoms with Crippen LogP contribution in [0.15, 0.2) is 30.3 Å². The average Bonchev–Trinajstić information content (AvgIpc) is 2.61. The average molecular weight is 317 g/mol. The lowest BCUT2D eigenvalue weighted by Crippen LogP contribution is -2.45. The standard InChI is InChI=1S/C20H31NO2/c1-2-3-6-15-19(21-18-13-9-5-10-14-18)20(22)23-16-17-11-7-4-8-12-17/h4,7-8,11-12,18-19,21H,2-3,5-6,9-10,13-16H2,1H3/t19-/m1/s1. The Morgan fingerprint density at radius 1 is 1.17 bits per heavy atom. The molecule has 0 saturated heterocycles. The van der Waals surface area contributed by atoms with Crippen LogP contribution in [0.1, 0.15) is 70.3 Å². The van der Waals surface area contributed by atoms with E-state index in [-0.39, 0.29) is 12.0 Å². The van der Waals surface area contributed by atoms with Gasteiger partial charge in [0.25, 0.3) is 0 Å². The van der Waals surface area contributed by atoms with E-state index in [1.807, 2.05) is 30.3 Å². The highest BCUT2D eigenvalue weighted by atomic mass is 16.5. The third kappa shape index (κ3) is 6.74. The van der Waals surface area contributed by atoms with Gasteiger partial charge in [-0.2, -0.15) is 0 Å². The predicted molar refractivity (Wildman–Crippen MR) is 94.2 cm³/mol. The van der Waals surface area contributed by atoms with E-state index in [9.17, 15) is 4.79 Å². The molecule has 1 fully saturated rings. The Labute approximate surface area is 140 Å². The Bertz CT molecular complexity index is 440. The van der Waals surface area contributed by atoms with Crippen LogP contribution in [-0.4, -0.2) is 18.1 Å². The number of hydrogen-bond acceptors (Lipinski definition) is 3. The van der Waals surface area contributed by atoms with Crippen LogP contribution in [0.3, 0.4) is 0 Å². The van der Waals surface area contributed by atoms with Crippen LogP contribution in [0.4, 0.5) is 0 Å². The summed E-state index contributed by atoms with van der Waals surface area (Å²) in [6, 6.07) is 10.3. The van der Waals surface area contributed by atoms with Gasteiger partial charge in [0, 0.05) is 6.04 Å². The van der Waals surface area contributed by atoms with Crippen LogP contribution in [0, 0.1) is 0 Å². The maximum atomic E-state index is 12.5. The molecule has 0 heterocycles. The van der Waals surface area contributed by atoms with Gasteiger partial charge in [0.05, 0.1) is 0 Å². The van der Waals surface area contributed by atoms with E-state index in [0.29, 0.717) is 12.6 Å². The molecule has 1 aromatic rings. The minimum absolute atomic E-state index is 0.0875. The highest BCUT2D eigenvalue weighted by molar-refractivity contribution is 5.75. The van der Waals surface area contributed by atoms with Crippen LogP contribution < -0.4 is 5.32 Å². The van der Waals surface area contributed by atoms with E-state index in [4.69, 9.17) is 4.74 Å². The molecule has 128 valence electrons. The number of rotatable bonds is 9. The first kappa shape index (κ1) is 18.0. The van der Waals surface area contributed by atoms with E-state index in [1.165, 1.54) is 44.9 Å². The van der Waals surface area contributed by atoms with Gasteiger partial charge in [-0.15, -0.1) is 0 Å². The van der Waals surface area contributed by atoms with Crippen molar-refractivity contribution >= 4 is 5.97 Å². The lowest BCUT2D eigenvalue weighted by atomic mass is 9.94. The second-order valence-corrected chi connectivity index (χ2v) is 6.64. The second-order valence-electron chi connectivity index (χ2n) is 6.64. The van der Waals surface area contributed by atoms with Crippen molar-refractivity contribution in [2.75, 3.05) is 0 Å². The van der Waals surface area contributed by atoms with Gasteiger partial charge in [0.2, 0.25) is 0 Å². The molecule has 0 radical (unpaired) electrons. The Morgan fingerprint density at radius 3 is 2.61 bits per heavy atom. The number of nitrogens with one attached hydrogen (secondary N) is 1. The summed E-state index contributed by atoms with van der Waals surface area (Å²) in [5, 5.41) is 3.58. The molecule has 3 heteroatoms. The third-order valence-electron chi connectivity index (χ3n) is 4.65. The zero-order valence-electron chi connectivity index (χ0n) is 14.4. The van der Waals surface area contributed by atoms with Gasteiger partial charge in [-0.05, 0) is 24.8 Å². The first-order chi connectivity index (χ1) is 11.3. The first-order valence-electron chi connectivity index (χ1n) is 9.26. The normalized spacial score (nSPS) is 16.9. The van der Waals surface area contributed by atoms with E-state index in [1.54, 1.807) is 0 Å². The quantitative estimate of drug-likeness (QED) is 0.534. The van der Waals surface area contributed by atoms with Crippen molar-refractivity contribution in [2.45, 2.75) is 83.4 Å². The van der Waals surface area contributed by atoms with E-state index in [0.717, 1.165) is 18.4 Å². The lowest BCUT2D eigenvalue weighted by molar-refractivity contribution is -0.148. The number of esters is 1. The van der Waals surface area contributed by atoms with Gasteiger partial charge in [0.15, 0.2) is 0 Å². The van der Waals surface area contributed by atoms with E-state index >= 15 is 0 Å². The predicted octanol–water partition coefficient (Wildman–Crippen LogP) is 4.60. The van der Waals surface area contributed by atoms with E-state index in [2.05, 4.69) is 12.2 Å². The van der Waals surface area contributed by atoms with Gasteiger partial charge < -0.3 is 10.1 Å². The maximum Gasteiger partial charge on any atom is 0.323 e. The van der Waals surface area contributed by atoms with Gasteiger partial charge >= 0.3 is 5.97 Å². The van der Waals surface area contributed by atoms with Crippen LogP contribution in [0.25, 0.3) is 0 Å². The molecule has 0 unspecified atom stereocenters. The summed E-state index contributed by atoms with van der Waals surface area (Å²) in [5.41, 5.74) is 1.05. The van der Waals surface area contributed by atoms with Crippen LogP contribution in [-0.2, 0) is 16.1 Å².